The summed E-state index contributed by atoms with van der Waals surface area (Å²) < 4.78 is 0. The van der Waals surface area contributed by atoms with E-state index in [4.69, 9.17) is 5.84 Å². The van der Waals surface area contributed by atoms with Crippen LogP contribution in [0.2, 0.25) is 0 Å². The number of hydrazine groups is 1. The van der Waals surface area contributed by atoms with E-state index < -0.39 is 0 Å². The lowest BCUT2D eigenvalue weighted by molar-refractivity contribution is 0.234. The summed E-state index contributed by atoms with van der Waals surface area (Å²) >= 11 is 0. The highest BCUT2D eigenvalue weighted by Gasteiger charge is 2.34. The Morgan fingerprint density at radius 2 is 2.11 bits per heavy atom. The second-order valence-electron chi connectivity index (χ2n) is 5.21. The first-order chi connectivity index (χ1) is 8.71. The molecule has 0 saturated carbocycles. The van der Waals surface area contributed by atoms with Crippen molar-refractivity contribution in [2.24, 2.45) is 11.3 Å². The van der Waals surface area contributed by atoms with Gasteiger partial charge >= 0.3 is 0 Å². The lowest BCUT2D eigenvalue weighted by atomic mass is 9.82. The van der Waals surface area contributed by atoms with E-state index >= 15 is 0 Å². The zero-order valence-corrected chi connectivity index (χ0v) is 11.3. The molecule has 1 aliphatic heterocycles. The molecule has 2 rings (SSSR count). The average Bonchev–Trinajstić information content (AvgIpc) is 2.84. The Balaban J connectivity index is 1.94. The van der Waals surface area contributed by atoms with Gasteiger partial charge in [-0.1, -0.05) is 13.8 Å². The molecule has 0 spiro atoms. The highest BCUT2D eigenvalue weighted by Crippen LogP contribution is 2.37. The van der Waals surface area contributed by atoms with Gasteiger partial charge in [0.05, 0.1) is 18.1 Å². The SMILES string of the molecule is CCC1(CC)CCN(Cc2cnc(NN)cn2)C1. The van der Waals surface area contributed by atoms with Gasteiger partial charge in [-0.25, -0.2) is 10.8 Å². The van der Waals surface area contributed by atoms with Gasteiger partial charge in [-0.3, -0.25) is 9.88 Å². The molecule has 1 fully saturated rings. The smallest absolute Gasteiger partial charge is 0.158 e. The molecular formula is C13H23N5. The number of nitrogens with one attached hydrogen (secondary N) is 1. The molecule has 1 aromatic heterocycles. The van der Waals surface area contributed by atoms with Gasteiger partial charge in [-0.05, 0) is 31.2 Å². The van der Waals surface area contributed by atoms with Gasteiger partial charge in [-0.15, -0.1) is 0 Å². The Bertz CT molecular complexity index is 371. The Labute approximate surface area is 109 Å². The number of hydrogen-bond donors (Lipinski definition) is 2. The number of anilines is 1. The Kier molecular flexibility index (Phi) is 4.14. The van der Waals surface area contributed by atoms with Crippen LogP contribution in [-0.4, -0.2) is 28.0 Å². The molecule has 1 aromatic rings. The van der Waals surface area contributed by atoms with Crippen molar-refractivity contribution in [1.82, 2.24) is 14.9 Å². The standard InChI is InChI=1S/C13H23N5/c1-3-13(4-2)5-6-18(10-13)9-11-7-16-12(17-14)8-15-11/h7-8H,3-6,9-10,14H2,1-2H3,(H,16,17). The van der Waals surface area contributed by atoms with E-state index in [1.54, 1.807) is 12.4 Å². The number of nitrogens with two attached hydrogens (primary N) is 1. The molecule has 5 nitrogen and oxygen atoms in total. The molecule has 1 saturated heterocycles. The molecule has 0 bridgehead atoms. The lowest BCUT2D eigenvalue weighted by Gasteiger charge is -2.26. The van der Waals surface area contributed by atoms with Crippen LogP contribution < -0.4 is 11.3 Å². The molecular weight excluding hydrogens is 226 g/mol. The fraction of sp³-hybridized carbons (Fsp3) is 0.692. The fourth-order valence-electron chi connectivity index (χ4n) is 2.73. The van der Waals surface area contributed by atoms with Crippen LogP contribution in [0.25, 0.3) is 0 Å². The van der Waals surface area contributed by atoms with Gasteiger partial charge in [0.1, 0.15) is 0 Å². The molecule has 100 valence electrons. The summed E-state index contributed by atoms with van der Waals surface area (Å²) in [5, 5.41) is 0. The van der Waals surface area contributed by atoms with Crippen LogP contribution >= 0.6 is 0 Å². The van der Waals surface area contributed by atoms with Crippen molar-refractivity contribution in [2.75, 3.05) is 18.5 Å². The first-order valence-corrected chi connectivity index (χ1v) is 6.71. The highest BCUT2D eigenvalue weighted by atomic mass is 15.3. The van der Waals surface area contributed by atoms with Gasteiger partial charge in [0.15, 0.2) is 5.82 Å². The van der Waals surface area contributed by atoms with Crippen molar-refractivity contribution in [3.8, 4) is 0 Å². The first-order valence-electron chi connectivity index (χ1n) is 6.71. The van der Waals surface area contributed by atoms with Crippen molar-refractivity contribution < 1.29 is 0 Å². The molecule has 3 N–H and O–H groups in total. The van der Waals surface area contributed by atoms with E-state index in [-0.39, 0.29) is 0 Å². The van der Waals surface area contributed by atoms with Crippen molar-refractivity contribution >= 4 is 5.82 Å². The van der Waals surface area contributed by atoms with Crippen LogP contribution in [0.4, 0.5) is 5.82 Å². The minimum absolute atomic E-state index is 0.520. The summed E-state index contributed by atoms with van der Waals surface area (Å²) in [5.41, 5.74) is 4.02. The summed E-state index contributed by atoms with van der Waals surface area (Å²) in [7, 11) is 0. The molecule has 0 amide bonds. The molecule has 0 aliphatic carbocycles. The van der Waals surface area contributed by atoms with Crippen LogP contribution in [0.3, 0.4) is 0 Å². The minimum Gasteiger partial charge on any atom is -0.307 e. The van der Waals surface area contributed by atoms with E-state index in [9.17, 15) is 0 Å². The van der Waals surface area contributed by atoms with Crippen molar-refractivity contribution in [3.63, 3.8) is 0 Å². The maximum Gasteiger partial charge on any atom is 0.158 e. The third-order valence-electron chi connectivity index (χ3n) is 4.26. The number of rotatable bonds is 5. The predicted octanol–water partition coefficient (Wildman–Crippen LogP) is 1.77. The van der Waals surface area contributed by atoms with Crippen LogP contribution in [-0.2, 0) is 6.54 Å². The zero-order chi connectivity index (χ0) is 13.0. The van der Waals surface area contributed by atoms with E-state index in [0.29, 0.717) is 11.2 Å². The van der Waals surface area contributed by atoms with Crippen LogP contribution in [0, 0.1) is 5.41 Å². The first kappa shape index (κ1) is 13.2. The summed E-state index contributed by atoms with van der Waals surface area (Å²) in [6.07, 6.45) is 7.31. The second-order valence-corrected chi connectivity index (χ2v) is 5.21. The number of likely N-dealkylation sites (tertiary alicyclic amines) is 1. The molecule has 0 radical (unpaired) electrons. The quantitative estimate of drug-likeness (QED) is 0.615. The molecule has 0 atom stereocenters. The number of nitrogens with zero attached hydrogens (tertiary/aromatic N) is 3. The van der Waals surface area contributed by atoms with E-state index in [2.05, 4.69) is 34.1 Å². The summed E-state index contributed by atoms with van der Waals surface area (Å²) in [6.45, 7) is 7.83. The highest BCUT2D eigenvalue weighted by molar-refractivity contribution is 5.28. The third kappa shape index (κ3) is 2.79. The molecule has 5 heteroatoms. The fourth-order valence-corrected chi connectivity index (χ4v) is 2.73. The Morgan fingerprint density at radius 3 is 2.61 bits per heavy atom. The Morgan fingerprint density at radius 1 is 1.33 bits per heavy atom. The van der Waals surface area contributed by atoms with E-state index in [0.717, 1.165) is 12.2 Å². The monoisotopic (exact) mass is 249 g/mol. The van der Waals surface area contributed by atoms with Crippen LogP contribution in [0.15, 0.2) is 12.4 Å². The summed E-state index contributed by atoms with van der Waals surface area (Å²) in [5.74, 6) is 5.88. The molecule has 2 heterocycles. The molecule has 18 heavy (non-hydrogen) atoms. The van der Waals surface area contributed by atoms with Gasteiger partial charge in [-0.2, -0.15) is 0 Å². The second kappa shape index (κ2) is 5.63. The third-order valence-corrected chi connectivity index (χ3v) is 4.26. The number of aromatic nitrogens is 2. The average molecular weight is 249 g/mol. The van der Waals surface area contributed by atoms with Crippen LogP contribution in [0.5, 0.6) is 0 Å². The van der Waals surface area contributed by atoms with E-state index in [1.165, 1.54) is 32.4 Å². The Hall–Kier alpha value is -1.20. The van der Waals surface area contributed by atoms with Crippen molar-refractivity contribution in [1.29, 1.82) is 0 Å². The number of hydrogen-bond acceptors (Lipinski definition) is 5. The molecule has 1 aliphatic rings. The summed E-state index contributed by atoms with van der Waals surface area (Å²) in [6, 6.07) is 0. The molecule has 0 aromatic carbocycles. The van der Waals surface area contributed by atoms with E-state index in [1.807, 2.05) is 0 Å². The van der Waals surface area contributed by atoms with Gasteiger partial charge in [0, 0.05) is 13.1 Å². The van der Waals surface area contributed by atoms with Gasteiger partial charge in [0.25, 0.3) is 0 Å². The number of nitrogen functional groups attached to an aromatic ring is 1. The normalized spacial score (nSPS) is 19.1. The largest absolute Gasteiger partial charge is 0.307 e. The summed E-state index contributed by atoms with van der Waals surface area (Å²) in [4.78, 5) is 11.0. The maximum absolute atomic E-state index is 5.27. The zero-order valence-electron chi connectivity index (χ0n) is 11.3. The van der Waals surface area contributed by atoms with Crippen LogP contribution in [0.1, 0.15) is 38.8 Å². The topological polar surface area (TPSA) is 67.1 Å². The van der Waals surface area contributed by atoms with Gasteiger partial charge < -0.3 is 5.43 Å². The van der Waals surface area contributed by atoms with Crippen molar-refractivity contribution in [2.45, 2.75) is 39.7 Å². The molecule has 0 unspecified atom stereocenters. The predicted molar refractivity (Wildman–Crippen MR) is 72.8 cm³/mol. The van der Waals surface area contributed by atoms with Gasteiger partial charge in [0.2, 0.25) is 0 Å². The van der Waals surface area contributed by atoms with Crippen molar-refractivity contribution in [3.05, 3.63) is 18.1 Å². The maximum atomic E-state index is 5.27. The lowest BCUT2D eigenvalue weighted by Crippen LogP contribution is -2.26. The minimum atomic E-state index is 0.520.